The van der Waals surface area contributed by atoms with Crippen molar-refractivity contribution < 1.29 is 27.2 Å². The van der Waals surface area contributed by atoms with Crippen molar-refractivity contribution in [1.82, 2.24) is 9.97 Å². The normalized spacial score (nSPS) is 12.4. The van der Waals surface area contributed by atoms with Gasteiger partial charge in [0.1, 0.15) is 5.82 Å². The number of thiophene rings is 1. The maximum atomic E-state index is 14.5. The molecular formula is C43H37FIrN2SSi-2. The maximum Gasteiger partial charge on any atom is 0.142 e. The molecule has 0 aliphatic carbocycles. The van der Waals surface area contributed by atoms with Gasteiger partial charge in [0.15, 0.2) is 0 Å². The standard InChI is InChI=1S/C28H19FNS.C15H18NSi.Ir/c1-2-8-17-15-25(30-16-24(17)29)22-13-7-14-23-26-20-11-5-3-9-18(20)19-10-4-6-12-21(19)28(26)31-27(22)23;1-12-10-14(13-8-6-5-7-9-13)16-11-15(12)17(2,3)4;/h3-7,9-12,14-16H,2,8H2,1H3;5-8,10-11H,1-4H3;/q2*-1;/i8D2;;. The van der Waals surface area contributed by atoms with Crippen molar-refractivity contribution in [2.45, 2.75) is 46.3 Å². The first-order valence-electron chi connectivity index (χ1n) is 17.2. The predicted molar refractivity (Wildman–Crippen MR) is 207 cm³/mol. The molecule has 0 unspecified atom stereocenters. The van der Waals surface area contributed by atoms with Crippen LogP contribution in [0.2, 0.25) is 19.6 Å². The molecule has 0 N–H and O–H groups in total. The molecule has 0 fully saturated rings. The van der Waals surface area contributed by atoms with E-state index in [0.29, 0.717) is 5.69 Å². The Morgan fingerprint density at radius 2 is 1.43 bits per heavy atom. The third kappa shape index (κ3) is 6.76. The van der Waals surface area contributed by atoms with Gasteiger partial charge in [0.2, 0.25) is 0 Å². The van der Waals surface area contributed by atoms with Crippen molar-refractivity contribution in [3.05, 3.63) is 139 Å². The van der Waals surface area contributed by atoms with Crippen LogP contribution in [0.1, 0.15) is 27.2 Å². The molecule has 0 saturated carbocycles. The molecule has 6 heteroatoms. The van der Waals surface area contributed by atoms with Gasteiger partial charge in [-0.3, -0.25) is 0 Å². The number of aryl methyl sites for hydroxylation is 2. The zero-order chi connectivity index (χ0) is 35.2. The van der Waals surface area contributed by atoms with Crippen molar-refractivity contribution in [2.75, 3.05) is 0 Å². The van der Waals surface area contributed by atoms with E-state index in [1.54, 1.807) is 24.3 Å². The topological polar surface area (TPSA) is 25.8 Å². The molecule has 0 saturated heterocycles. The van der Waals surface area contributed by atoms with Crippen LogP contribution in [0.25, 0.3) is 64.2 Å². The van der Waals surface area contributed by atoms with E-state index in [0.717, 1.165) is 33.1 Å². The molecular weight excluding hydrogens is 816 g/mol. The van der Waals surface area contributed by atoms with Crippen LogP contribution in [0, 0.1) is 24.9 Å². The van der Waals surface area contributed by atoms with Crippen LogP contribution in [0.4, 0.5) is 4.39 Å². The van der Waals surface area contributed by atoms with E-state index in [4.69, 9.17) is 2.74 Å². The minimum atomic E-state index is -1.76. The van der Waals surface area contributed by atoms with E-state index in [-0.39, 0.29) is 32.1 Å². The van der Waals surface area contributed by atoms with E-state index in [9.17, 15) is 4.39 Å². The molecule has 0 spiro atoms. The molecule has 3 heterocycles. The average molecular weight is 855 g/mol. The van der Waals surface area contributed by atoms with E-state index < -0.39 is 20.3 Å². The van der Waals surface area contributed by atoms with Crippen LogP contribution in [0.15, 0.2) is 109 Å². The third-order valence-corrected chi connectivity index (χ3v) is 12.1. The summed E-state index contributed by atoms with van der Waals surface area (Å²) in [7, 11) is -1.27. The van der Waals surface area contributed by atoms with Crippen molar-refractivity contribution in [2.24, 2.45) is 0 Å². The summed E-state index contributed by atoms with van der Waals surface area (Å²) in [5.41, 5.74) is 4.79. The molecule has 0 aliphatic rings. The summed E-state index contributed by atoms with van der Waals surface area (Å²) in [5, 5.41) is 8.59. The molecule has 8 rings (SSSR count). The molecule has 8 aromatic rings. The fourth-order valence-corrected chi connectivity index (χ4v) is 9.57. The van der Waals surface area contributed by atoms with Crippen LogP contribution >= 0.6 is 11.3 Å². The molecule has 247 valence electrons. The zero-order valence-electron chi connectivity index (χ0n) is 30.1. The van der Waals surface area contributed by atoms with Gasteiger partial charge >= 0.3 is 0 Å². The number of hydrogen-bond acceptors (Lipinski definition) is 3. The Bertz CT molecular complexity index is 2530. The van der Waals surface area contributed by atoms with Gasteiger partial charge in [-0.2, -0.15) is 11.3 Å². The Kier molecular flexibility index (Phi) is 9.47. The summed E-state index contributed by atoms with van der Waals surface area (Å²) in [6.07, 6.45) is 1.60. The molecule has 3 aromatic heterocycles. The first-order valence-corrected chi connectivity index (χ1v) is 20.6. The van der Waals surface area contributed by atoms with Crippen molar-refractivity contribution in [3.8, 4) is 22.5 Å². The van der Waals surface area contributed by atoms with Crippen LogP contribution in [-0.4, -0.2) is 18.0 Å². The SMILES string of the molecule is Cc1cc(-c2[c-]cccc2)ncc1[Si](C)(C)C.[2H]C([2H])(CC)c1cc(-c2[c-]ccc3c2sc2c4ccccc4c4ccccc4c32)ncc1F.[Ir]. The van der Waals surface area contributed by atoms with Crippen LogP contribution in [-0.2, 0) is 26.5 Å². The maximum absolute atomic E-state index is 14.5. The van der Waals surface area contributed by atoms with E-state index in [1.165, 1.54) is 42.4 Å². The van der Waals surface area contributed by atoms with E-state index >= 15 is 0 Å². The summed E-state index contributed by atoms with van der Waals surface area (Å²) in [4.78, 5) is 8.92. The minimum Gasteiger partial charge on any atom is -0.305 e. The Morgan fingerprint density at radius 3 is 2.10 bits per heavy atom. The number of rotatable bonds is 5. The largest absolute Gasteiger partial charge is 0.305 e. The summed E-state index contributed by atoms with van der Waals surface area (Å²) < 4.78 is 33.2. The second-order valence-corrected chi connectivity index (χ2v) is 19.0. The number of hydrogen-bond donors (Lipinski definition) is 0. The first kappa shape index (κ1) is 32.2. The zero-order valence-corrected chi connectivity index (χ0v) is 32.3. The summed E-state index contributed by atoms with van der Waals surface area (Å²) in [5.74, 6) is -0.619. The molecule has 0 aliphatic heterocycles. The summed E-state index contributed by atoms with van der Waals surface area (Å²) in [6.45, 7) is 11.0. The number of nitrogens with zero attached hydrogens (tertiary/aromatic N) is 2. The van der Waals surface area contributed by atoms with Crippen LogP contribution < -0.4 is 5.19 Å². The van der Waals surface area contributed by atoms with Gasteiger partial charge in [0.25, 0.3) is 0 Å². The second-order valence-electron chi connectivity index (χ2n) is 13.0. The number of halogens is 1. The smallest absolute Gasteiger partial charge is 0.142 e. The number of fused-ring (bicyclic) bond motifs is 8. The number of aromatic nitrogens is 2. The van der Waals surface area contributed by atoms with E-state index in [1.807, 2.05) is 24.3 Å². The molecule has 1 radical (unpaired) electrons. The summed E-state index contributed by atoms with van der Waals surface area (Å²) in [6, 6.07) is 39.1. The molecule has 0 atom stereocenters. The van der Waals surface area contributed by atoms with Gasteiger partial charge in [0.05, 0.1) is 14.3 Å². The molecule has 5 aromatic carbocycles. The van der Waals surface area contributed by atoms with Crippen molar-refractivity contribution >= 4 is 66.3 Å². The summed E-state index contributed by atoms with van der Waals surface area (Å²) >= 11 is 1.69. The Morgan fingerprint density at radius 1 is 0.755 bits per heavy atom. The second kappa shape index (κ2) is 14.4. The quantitative estimate of drug-likeness (QED) is 0.0979. The van der Waals surface area contributed by atoms with Gasteiger partial charge in [0, 0.05) is 33.7 Å². The van der Waals surface area contributed by atoms with Crippen molar-refractivity contribution in [1.29, 1.82) is 0 Å². The van der Waals surface area contributed by atoms with Gasteiger partial charge in [-0.05, 0) is 67.1 Å². The monoisotopic (exact) mass is 855 g/mol. The van der Waals surface area contributed by atoms with Crippen LogP contribution in [0.3, 0.4) is 0 Å². The van der Waals surface area contributed by atoms with Gasteiger partial charge < -0.3 is 9.97 Å². The Labute approximate surface area is 309 Å². The van der Waals surface area contributed by atoms with E-state index in [2.05, 4.69) is 122 Å². The fourth-order valence-electron chi connectivity index (χ4n) is 6.50. The molecule has 0 bridgehead atoms. The van der Waals surface area contributed by atoms with Gasteiger partial charge in [-0.15, -0.1) is 59.7 Å². The third-order valence-electron chi connectivity index (χ3n) is 8.69. The Hall–Kier alpha value is -4.06. The predicted octanol–water partition coefficient (Wildman–Crippen LogP) is 11.7. The van der Waals surface area contributed by atoms with Gasteiger partial charge in [-0.25, -0.2) is 4.39 Å². The van der Waals surface area contributed by atoms with Crippen LogP contribution in [0.5, 0.6) is 0 Å². The number of benzene rings is 5. The first-order chi connectivity index (χ1) is 24.0. The molecule has 2 nitrogen and oxygen atoms in total. The van der Waals surface area contributed by atoms with Crippen molar-refractivity contribution in [3.63, 3.8) is 0 Å². The average Bonchev–Trinajstić information content (AvgIpc) is 3.53. The molecule has 0 amide bonds. The fraction of sp³-hybridized carbons (Fsp3) is 0.163. The minimum absolute atomic E-state index is 0. The van der Waals surface area contributed by atoms with Gasteiger partial charge in [-0.1, -0.05) is 105 Å². The molecule has 49 heavy (non-hydrogen) atoms. The number of pyridine rings is 2. The Balaban J connectivity index is 0.000000211.